The highest BCUT2D eigenvalue weighted by Gasteiger charge is 2.20. The summed E-state index contributed by atoms with van der Waals surface area (Å²) in [5.41, 5.74) is 0. The molecule has 0 saturated heterocycles. The maximum Gasteiger partial charge on any atom is 0.325 e. The highest BCUT2D eigenvalue weighted by Crippen LogP contribution is 2.28. The third-order valence-corrected chi connectivity index (χ3v) is 2.52. The summed E-state index contributed by atoms with van der Waals surface area (Å²) in [6.45, 7) is 3.36. The second kappa shape index (κ2) is 7.11. The molecule has 6 heteroatoms. The molecular weight excluding hydrogens is 224 g/mol. The van der Waals surface area contributed by atoms with Gasteiger partial charge in [0.2, 0.25) is 0 Å². The zero-order valence-electron chi connectivity index (χ0n) is 10.1. The number of hydrogen-bond donors (Lipinski definition) is 3. The van der Waals surface area contributed by atoms with Crippen LogP contribution in [0, 0.1) is 5.92 Å². The van der Waals surface area contributed by atoms with Crippen LogP contribution in [0.3, 0.4) is 0 Å². The molecule has 3 N–H and O–H groups in total. The first-order chi connectivity index (χ1) is 8.09. The lowest BCUT2D eigenvalue weighted by atomic mass is 10.3. The lowest BCUT2D eigenvalue weighted by molar-refractivity contribution is -0.138. The summed E-state index contributed by atoms with van der Waals surface area (Å²) in [6.07, 6.45) is 3.28. The molecule has 0 radical (unpaired) electrons. The quantitative estimate of drug-likeness (QED) is 0.545. The lowest BCUT2D eigenvalue weighted by Crippen LogP contribution is -2.44. The van der Waals surface area contributed by atoms with E-state index < -0.39 is 18.0 Å². The standard InChI is InChI=1S/C11H20N2O4/c1-8(10(14)15)13-11(16)12-5-2-6-17-7-9-3-4-9/h8-9H,2-7H2,1H3,(H,14,15)(H2,12,13,16)/t8-/m0/s1. The summed E-state index contributed by atoms with van der Waals surface area (Å²) in [5, 5.41) is 13.5. The molecular formula is C11H20N2O4. The van der Waals surface area contributed by atoms with Gasteiger partial charge in [0.15, 0.2) is 0 Å². The van der Waals surface area contributed by atoms with Crippen LogP contribution in [-0.2, 0) is 9.53 Å². The Morgan fingerprint density at radius 3 is 2.76 bits per heavy atom. The van der Waals surface area contributed by atoms with E-state index in [1.807, 2.05) is 0 Å². The summed E-state index contributed by atoms with van der Waals surface area (Å²) in [6, 6.07) is -1.33. The number of carbonyl (C=O) groups is 2. The molecule has 0 aromatic carbocycles. The number of ether oxygens (including phenoxy) is 1. The van der Waals surface area contributed by atoms with Gasteiger partial charge in [0.1, 0.15) is 6.04 Å². The zero-order chi connectivity index (χ0) is 12.7. The SMILES string of the molecule is C[C@H](NC(=O)NCCCOCC1CC1)C(=O)O. The van der Waals surface area contributed by atoms with Gasteiger partial charge in [-0.05, 0) is 32.1 Å². The molecule has 6 nitrogen and oxygen atoms in total. The van der Waals surface area contributed by atoms with E-state index in [2.05, 4.69) is 10.6 Å². The van der Waals surface area contributed by atoms with Gasteiger partial charge in [-0.15, -0.1) is 0 Å². The monoisotopic (exact) mass is 244 g/mol. The molecule has 0 aliphatic heterocycles. The van der Waals surface area contributed by atoms with Gasteiger partial charge in [0.05, 0.1) is 0 Å². The first-order valence-electron chi connectivity index (χ1n) is 5.94. The summed E-state index contributed by atoms with van der Waals surface area (Å²) in [4.78, 5) is 21.6. The first kappa shape index (κ1) is 13.8. The van der Waals surface area contributed by atoms with Crippen LogP contribution >= 0.6 is 0 Å². The minimum Gasteiger partial charge on any atom is -0.480 e. The van der Waals surface area contributed by atoms with E-state index in [1.165, 1.54) is 19.8 Å². The van der Waals surface area contributed by atoms with Crippen molar-refractivity contribution in [3.05, 3.63) is 0 Å². The number of aliphatic carboxylic acids is 1. The van der Waals surface area contributed by atoms with Crippen LogP contribution in [0.2, 0.25) is 0 Å². The van der Waals surface area contributed by atoms with E-state index in [0.29, 0.717) is 13.2 Å². The molecule has 1 fully saturated rings. The van der Waals surface area contributed by atoms with Crippen molar-refractivity contribution in [2.75, 3.05) is 19.8 Å². The lowest BCUT2D eigenvalue weighted by Gasteiger charge is -2.10. The number of amides is 2. The fourth-order valence-electron chi connectivity index (χ4n) is 1.22. The summed E-state index contributed by atoms with van der Waals surface area (Å²) >= 11 is 0. The third-order valence-electron chi connectivity index (χ3n) is 2.52. The number of urea groups is 1. The summed E-state index contributed by atoms with van der Waals surface area (Å²) in [7, 11) is 0. The van der Waals surface area contributed by atoms with Gasteiger partial charge in [-0.1, -0.05) is 0 Å². The Morgan fingerprint density at radius 1 is 1.47 bits per heavy atom. The van der Waals surface area contributed by atoms with Crippen molar-refractivity contribution >= 4 is 12.0 Å². The molecule has 1 rings (SSSR count). The van der Waals surface area contributed by atoms with Crippen LogP contribution in [0.5, 0.6) is 0 Å². The van der Waals surface area contributed by atoms with Gasteiger partial charge < -0.3 is 20.5 Å². The van der Waals surface area contributed by atoms with Crippen molar-refractivity contribution in [1.82, 2.24) is 10.6 Å². The molecule has 2 amide bonds. The highest BCUT2D eigenvalue weighted by molar-refractivity contribution is 5.82. The van der Waals surface area contributed by atoms with Gasteiger partial charge in [-0.2, -0.15) is 0 Å². The first-order valence-corrected chi connectivity index (χ1v) is 5.94. The van der Waals surface area contributed by atoms with Crippen LogP contribution in [0.25, 0.3) is 0 Å². The Labute approximate surface area is 101 Å². The molecule has 0 spiro atoms. The van der Waals surface area contributed by atoms with Gasteiger partial charge in [0, 0.05) is 19.8 Å². The van der Waals surface area contributed by atoms with Crippen molar-refractivity contribution in [1.29, 1.82) is 0 Å². The predicted octanol–water partition coefficient (Wildman–Crippen LogP) is 0.575. The Kier molecular flexibility index (Phi) is 5.76. The second-order valence-electron chi connectivity index (χ2n) is 4.33. The fraction of sp³-hybridized carbons (Fsp3) is 0.818. The van der Waals surface area contributed by atoms with Gasteiger partial charge in [0.25, 0.3) is 0 Å². The fourth-order valence-corrected chi connectivity index (χ4v) is 1.22. The Bertz CT molecular complexity index is 266. The van der Waals surface area contributed by atoms with Crippen LogP contribution in [0.1, 0.15) is 26.2 Å². The molecule has 0 unspecified atom stereocenters. The smallest absolute Gasteiger partial charge is 0.325 e. The average molecular weight is 244 g/mol. The number of rotatable bonds is 8. The Balaban J connectivity index is 1.90. The molecule has 0 aromatic heterocycles. The number of hydrogen-bond acceptors (Lipinski definition) is 3. The van der Waals surface area contributed by atoms with Gasteiger partial charge in [-0.25, -0.2) is 4.79 Å². The van der Waals surface area contributed by atoms with Crippen LogP contribution < -0.4 is 10.6 Å². The maximum absolute atomic E-state index is 11.2. The van der Waals surface area contributed by atoms with Gasteiger partial charge in [-0.3, -0.25) is 4.79 Å². The Hall–Kier alpha value is -1.30. The van der Waals surface area contributed by atoms with E-state index in [4.69, 9.17) is 9.84 Å². The minimum absolute atomic E-state index is 0.456. The van der Waals surface area contributed by atoms with Crippen molar-refractivity contribution in [2.45, 2.75) is 32.2 Å². The van der Waals surface area contributed by atoms with Crippen molar-refractivity contribution in [2.24, 2.45) is 5.92 Å². The Morgan fingerprint density at radius 2 is 2.18 bits per heavy atom. The molecule has 0 aromatic rings. The molecule has 1 saturated carbocycles. The summed E-state index contributed by atoms with van der Waals surface area (Å²) in [5.74, 6) is -0.296. The predicted molar refractivity (Wildman–Crippen MR) is 61.8 cm³/mol. The van der Waals surface area contributed by atoms with Crippen LogP contribution in [-0.4, -0.2) is 42.9 Å². The van der Waals surface area contributed by atoms with Crippen LogP contribution in [0.15, 0.2) is 0 Å². The molecule has 1 aliphatic rings. The molecule has 0 heterocycles. The van der Waals surface area contributed by atoms with E-state index in [1.54, 1.807) is 0 Å². The van der Waals surface area contributed by atoms with E-state index in [9.17, 15) is 9.59 Å². The molecule has 1 aliphatic carbocycles. The second-order valence-corrected chi connectivity index (χ2v) is 4.33. The van der Waals surface area contributed by atoms with Crippen LogP contribution in [0.4, 0.5) is 4.79 Å². The van der Waals surface area contributed by atoms with Crippen molar-refractivity contribution < 1.29 is 19.4 Å². The normalized spacial score (nSPS) is 16.3. The van der Waals surface area contributed by atoms with E-state index >= 15 is 0 Å². The molecule has 1 atom stereocenters. The zero-order valence-corrected chi connectivity index (χ0v) is 10.1. The number of carboxylic acids is 1. The van der Waals surface area contributed by atoms with Crippen molar-refractivity contribution in [3.63, 3.8) is 0 Å². The molecule has 98 valence electrons. The average Bonchev–Trinajstić information content (AvgIpc) is 3.06. The summed E-state index contributed by atoms with van der Waals surface area (Å²) < 4.78 is 5.39. The third kappa shape index (κ3) is 6.78. The van der Waals surface area contributed by atoms with E-state index in [0.717, 1.165) is 18.9 Å². The number of carboxylic acid groups (broad SMARTS) is 1. The van der Waals surface area contributed by atoms with E-state index in [-0.39, 0.29) is 0 Å². The van der Waals surface area contributed by atoms with Crippen molar-refractivity contribution in [3.8, 4) is 0 Å². The maximum atomic E-state index is 11.2. The number of nitrogens with one attached hydrogen (secondary N) is 2. The van der Waals surface area contributed by atoms with Gasteiger partial charge >= 0.3 is 12.0 Å². The molecule has 0 bridgehead atoms. The topological polar surface area (TPSA) is 87.7 Å². The number of carbonyl (C=O) groups excluding carboxylic acids is 1. The largest absolute Gasteiger partial charge is 0.480 e. The minimum atomic E-state index is -1.05. The molecule has 17 heavy (non-hydrogen) atoms. The highest BCUT2D eigenvalue weighted by atomic mass is 16.5.